The Bertz CT molecular complexity index is 335. The summed E-state index contributed by atoms with van der Waals surface area (Å²) in [6.45, 7) is 6.82. The van der Waals surface area contributed by atoms with Crippen LogP contribution >= 0.6 is 0 Å². The van der Waals surface area contributed by atoms with Gasteiger partial charge in [0.05, 0.1) is 12.7 Å². The number of hydrogen-bond acceptors (Lipinski definition) is 3. The summed E-state index contributed by atoms with van der Waals surface area (Å²) in [5.74, 6) is 0. The molecule has 2 N–H and O–H groups in total. The third-order valence-corrected chi connectivity index (χ3v) is 3.22. The monoisotopic (exact) mass is 251 g/mol. The van der Waals surface area contributed by atoms with Gasteiger partial charge in [-0.3, -0.25) is 0 Å². The second kappa shape index (κ2) is 8.25. The van der Waals surface area contributed by atoms with Crippen LogP contribution in [0.2, 0.25) is 0 Å². The van der Waals surface area contributed by atoms with E-state index in [1.165, 1.54) is 0 Å². The molecule has 0 heterocycles. The van der Waals surface area contributed by atoms with E-state index >= 15 is 0 Å². The minimum atomic E-state index is -0.413. The quantitative estimate of drug-likeness (QED) is 0.744. The van der Waals surface area contributed by atoms with Gasteiger partial charge in [-0.15, -0.1) is 0 Å². The van der Waals surface area contributed by atoms with Gasteiger partial charge in [-0.2, -0.15) is 0 Å². The molecule has 0 aromatic heterocycles. The topological polar surface area (TPSA) is 43.7 Å². The first-order valence-corrected chi connectivity index (χ1v) is 6.75. The third-order valence-electron chi connectivity index (χ3n) is 3.22. The van der Waals surface area contributed by atoms with Gasteiger partial charge < -0.3 is 15.1 Å². The molecule has 0 aliphatic rings. The fraction of sp³-hybridized carbons (Fsp3) is 0.600. The summed E-state index contributed by atoms with van der Waals surface area (Å²) in [4.78, 5) is 2.20. The van der Waals surface area contributed by atoms with Crippen LogP contribution in [0.15, 0.2) is 24.3 Å². The molecule has 0 saturated carbocycles. The number of aliphatic hydroxyl groups is 2. The van der Waals surface area contributed by atoms with Crippen molar-refractivity contribution in [1.29, 1.82) is 0 Å². The Kier molecular flexibility index (Phi) is 6.94. The first-order chi connectivity index (χ1) is 8.69. The smallest absolute Gasteiger partial charge is 0.0804 e. The van der Waals surface area contributed by atoms with Gasteiger partial charge in [0.25, 0.3) is 0 Å². The van der Waals surface area contributed by atoms with Crippen molar-refractivity contribution in [3.63, 3.8) is 0 Å². The van der Waals surface area contributed by atoms with Crippen LogP contribution in [0.3, 0.4) is 0 Å². The molecular formula is C15H25NO2. The van der Waals surface area contributed by atoms with Crippen LogP contribution in [-0.4, -0.2) is 41.4 Å². The normalized spacial score (nSPS) is 12.9. The zero-order valence-corrected chi connectivity index (χ0v) is 11.5. The average Bonchev–Trinajstić information content (AvgIpc) is 2.36. The van der Waals surface area contributed by atoms with Crippen LogP contribution in [-0.2, 0) is 0 Å². The molecule has 1 unspecified atom stereocenters. The minimum absolute atomic E-state index is 0.181. The van der Waals surface area contributed by atoms with E-state index in [1.54, 1.807) is 0 Å². The van der Waals surface area contributed by atoms with Crippen LogP contribution in [0.1, 0.15) is 37.0 Å². The van der Waals surface area contributed by atoms with E-state index in [-0.39, 0.29) is 6.61 Å². The van der Waals surface area contributed by atoms with Crippen molar-refractivity contribution in [2.24, 2.45) is 0 Å². The van der Waals surface area contributed by atoms with Gasteiger partial charge in [-0.1, -0.05) is 31.2 Å². The molecule has 0 saturated heterocycles. The predicted octanol–water partition coefficient (Wildman–Crippen LogP) is 2.12. The van der Waals surface area contributed by atoms with E-state index in [2.05, 4.69) is 11.8 Å². The fourth-order valence-electron chi connectivity index (χ4n) is 2.21. The highest BCUT2D eigenvalue weighted by Crippen LogP contribution is 2.20. The summed E-state index contributed by atoms with van der Waals surface area (Å²) < 4.78 is 0. The molecule has 1 rings (SSSR count). The lowest BCUT2D eigenvalue weighted by Crippen LogP contribution is -2.29. The average molecular weight is 251 g/mol. The van der Waals surface area contributed by atoms with Crippen LogP contribution in [0, 0.1) is 6.92 Å². The first kappa shape index (κ1) is 15.2. The van der Waals surface area contributed by atoms with Gasteiger partial charge in [0.1, 0.15) is 0 Å². The summed E-state index contributed by atoms with van der Waals surface area (Å²) in [6, 6.07) is 7.95. The highest BCUT2D eigenvalue weighted by atomic mass is 16.3. The number of benzene rings is 1. The Labute approximate surface area is 110 Å². The molecule has 0 amide bonds. The Balaban J connectivity index is 2.49. The molecule has 3 heteroatoms. The van der Waals surface area contributed by atoms with Crippen molar-refractivity contribution in [1.82, 2.24) is 4.90 Å². The van der Waals surface area contributed by atoms with Crippen LogP contribution in [0.5, 0.6) is 0 Å². The molecule has 102 valence electrons. The largest absolute Gasteiger partial charge is 0.395 e. The minimum Gasteiger partial charge on any atom is -0.395 e. The maximum Gasteiger partial charge on any atom is 0.0804 e. The van der Waals surface area contributed by atoms with E-state index in [1.807, 2.05) is 31.2 Å². The van der Waals surface area contributed by atoms with Crippen molar-refractivity contribution >= 4 is 0 Å². The van der Waals surface area contributed by atoms with Gasteiger partial charge in [0, 0.05) is 13.1 Å². The molecule has 0 spiro atoms. The molecular weight excluding hydrogens is 226 g/mol. The van der Waals surface area contributed by atoms with Crippen LogP contribution in [0.4, 0.5) is 0 Å². The molecule has 1 aromatic carbocycles. The van der Waals surface area contributed by atoms with Gasteiger partial charge >= 0.3 is 0 Å². The van der Waals surface area contributed by atoms with Crippen molar-refractivity contribution < 1.29 is 10.2 Å². The standard InChI is InChI=1S/C15H25NO2/c1-3-9-16(11-12-17)10-8-15(18)14-7-5-4-6-13(14)2/h4-7,15,17-18H,3,8-12H2,1-2H3. The van der Waals surface area contributed by atoms with Crippen molar-refractivity contribution in [2.45, 2.75) is 32.8 Å². The second-order valence-corrected chi connectivity index (χ2v) is 4.73. The van der Waals surface area contributed by atoms with E-state index < -0.39 is 6.10 Å². The summed E-state index contributed by atoms with van der Waals surface area (Å²) in [7, 11) is 0. The van der Waals surface area contributed by atoms with Gasteiger partial charge in [0.15, 0.2) is 0 Å². The zero-order chi connectivity index (χ0) is 13.4. The molecule has 3 nitrogen and oxygen atoms in total. The number of rotatable bonds is 8. The van der Waals surface area contributed by atoms with Gasteiger partial charge in [-0.05, 0) is 37.4 Å². The van der Waals surface area contributed by atoms with E-state index in [9.17, 15) is 5.11 Å². The SMILES string of the molecule is CCCN(CCO)CCC(O)c1ccccc1C. The van der Waals surface area contributed by atoms with E-state index in [0.717, 1.165) is 30.6 Å². The summed E-state index contributed by atoms with van der Waals surface area (Å²) in [5, 5.41) is 19.2. The summed E-state index contributed by atoms with van der Waals surface area (Å²) in [6.07, 6.45) is 1.37. The van der Waals surface area contributed by atoms with Crippen molar-refractivity contribution in [3.05, 3.63) is 35.4 Å². The second-order valence-electron chi connectivity index (χ2n) is 4.73. The Hall–Kier alpha value is -0.900. The fourth-order valence-corrected chi connectivity index (χ4v) is 2.21. The Morgan fingerprint density at radius 1 is 1.17 bits per heavy atom. The summed E-state index contributed by atoms with van der Waals surface area (Å²) >= 11 is 0. The molecule has 1 aromatic rings. The highest BCUT2D eigenvalue weighted by molar-refractivity contribution is 5.27. The Morgan fingerprint density at radius 2 is 1.89 bits per heavy atom. The van der Waals surface area contributed by atoms with E-state index in [4.69, 9.17) is 5.11 Å². The first-order valence-electron chi connectivity index (χ1n) is 6.75. The van der Waals surface area contributed by atoms with E-state index in [0.29, 0.717) is 13.0 Å². The molecule has 18 heavy (non-hydrogen) atoms. The van der Waals surface area contributed by atoms with Crippen LogP contribution < -0.4 is 0 Å². The maximum absolute atomic E-state index is 10.2. The molecule has 0 radical (unpaired) electrons. The number of nitrogens with zero attached hydrogens (tertiary/aromatic N) is 1. The third kappa shape index (κ3) is 4.77. The lowest BCUT2D eigenvalue weighted by molar-refractivity contribution is 0.130. The molecule has 1 atom stereocenters. The van der Waals surface area contributed by atoms with Crippen molar-refractivity contribution in [2.75, 3.05) is 26.2 Å². The molecule has 0 bridgehead atoms. The van der Waals surface area contributed by atoms with Gasteiger partial charge in [0.2, 0.25) is 0 Å². The number of aliphatic hydroxyl groups excluding tert-OH is 2. The van der Waals surface area contributed by atoms with Crippen LogP contribution in [0.25, 0.3) is 0 Å². The lowest BCUT2D eigenvalue weighted by atomic mass is 10.0. The van der Waals surface area contributed by atoms with Crippen molar-refractivity contribution in [3.8, 4) is 0 Å². The molecule has 0 aliphatic carbocycles. The number of hydrogen-bond donors (Lipinski definition) is 2. The van der Waals surface area contributed by atoms with Gasteiger partial charge in [-0.25, -0.2) is 0 Å². The Morgan fingerprint density at radius 3 is 2.50 bits per heavy atom. The molecule has 0 fully saturated rings. The molecule has 0 aliphatic heterocycles. The number of aryl methyl sites for hydroxylation is 1. The predicted molar refractivity (Wildman–Crippen MR) is 74.6 cm³/mol. The highest BCUT2D eigenvalue weighted by Gasteiger charge is 2.12. The maximum atomic E-state index is 10.2. The zero-order valence-electron chi connectivity index (χ0n) is 11.5. The summed E-state index contributed by atoms with van der Waals surface area (Å²) in [5.41, 5.74) is 2.15. The lowest BCUT2D eigenvalue weighted by Gasteiger charge is -2.22.